The molecule has 2 aromatic rings. The third-order valence-electron chi connectivity index (χ3n) is 2.76. The molecule has 1 aromatic carbocycles. The van der Waals surface area contributed by atoms with Gasteiger partial charge in [0.25, 0.3) is 0 Å². The van der Waals surface area contributed by atoms with Crippen molar-refractivity contribution in [2.24, 2.45) is 0 Å². The van der Waals surface area contributed by atoms with Crippen molar-refractivity contribution < 1.29 is 0 Å². The topological polar surface area (TPSA) is 4.93 Å². The first-order valence-electron chi connectivity index (χ1n) is 4.99. The lowest BCUT2D eigenvalue weighted by atomic mass is 10.2. The lowest BCUT2D eigenvalue weighted by Gasteiger charge is -2.13. The smallest absolute Gasteiger partial charge is 0.0627 e. The van der Waals surface area contributed by atoms with E-state index in [-0.39, 0.29) is 0 Å². The number of benzene rings is 1. The molecule has 0 radical (unpaired) electrons. The highest BCUT2D eigenvalue weighted by molar-refractivity contribution is 9.10. The highest BCUT2D eigenvalue weighted by atomic mass is 79.9. The highest BCUT2D eigenvalue weighted by Gasteiger charge is 2.08. The third-order valence-corrected chi connectivity index (χ3v) is 3.40. The van der Waals surface area contributed by atoms with Crippen LogP contribution in [0.3, 0.4) is 0 Å². The van der Waals surface area contributed by atoms with Gasteiger partial charge >= 0.3 is 0 Å². The van der Waals surface area contributed by atoms with Gasteiger partial charge in [-0.05, 0) is 41.4 Å². The van der Waals surface area contributed by atoms with Crippen molar-refractivity contribution in [2.45, 2.75) is 26.3 Å². The second kappa shape index (κ2) is 3.77. The second-order valence-electron chi connectivity index (χ2n) is 3.66. The minimum absolute atomic E-state index is 0.561. The molecule has 2 heteroatoms. The molecule has 0 fully saturated rings. The molecule has 0 bridgehead atoms. The summed E-state index contributed by atoms with van der Waals surface area (Å²) >= 11 is 3.60. The van der Waals surface area contributed by atoms with Gasteiger partial charge in [-0.25, -0.2) is 0 Å². The van der Waals surface area contributed by atoms with Gasteiger partial charge < -0.3 is 4.57 Å². The molecule has 0 amide bonds. The second-order valence-corrected chi connectivity index (χ2v) is 4.51. The molecule has 14 heavy (non-hydrogen) atoms. The summed E-state index contributed by atoms with van der Waals surface area (Å²) in [6.07, 6.45) is 3.33. The zero-order chi connectivity index (χ0) is 10.1. The number of hydrogen-bond donors (Lipinski definition) is 0. The number of rotatable bonds is 2. The molecule has 0 aliphatic heterocycles. The van der Waals surface area contributed by atoms with Gasteiger partial charge in [0.2, 0.25) is 0 Å². The van der Waals surface area contributed by atoms with Crippen molar-refractivity contribution in [1.29, 1.82) is 0 Å². The van der Waals surface area contributed by atoms with Crippen LogP contribution in [0.25, 0.3) is 10.9 Å². The number of hydrogen-bond acceptors (Lipinski definition) is 0. The maximum atomic E-state index is 3.60. The molecule has 74 valence electrons. The van der Waals surface area contributed by atoms with Crippen molar-refractivity contribution in [3.8, 4) is 0 Å². The van der Waals surface area contributed by atoms with Gasteiger partial charge in [0, 0.05) is 22.1 Å². The Hall–Kier alpha value is -0.760. The SMILES string of the molecule is CCC(C)n1ccc2cccc(Br)c21. The Morgan fingerprint density at radius 1 is 1.36 bits per heavy atom. The van der Waals surface area contributed by atoms with Gasteiger partial charge in [-0.15, -0.1) is 0 Å². The van der Waals surface area contributed by atoms with E-state index in [0.717, 1.165) is 6.42 Å². The molecule has 0 saturated carbocycles. The zero-order valence-electron chi connectivity index (χ0n) is 8.50. The van der Waals surface area contributed by atoms with Crippen LogP contribution in [0.4, 0.5) is 0 Å². The minimum atomic E-state index is 0.561. The molecule has 0 saturated heterocycles. The van der Waals surface area contributed by atoms with E-state index in [9.17, 15) is 0 Å². The van der Waals surface area contributed by atoms with E-state index in [2.05, 4.69) is 64.8 Å². The van der Waals surface area contributed by atoms with E-state index in [0.29, 0.717) is 6.04 Å². The third kappa shape index (κ3) is 1.48. The Kier molecular flexibility index (Phi) is 2.64. The summed E-state index contributed by atoms with van der Waals surface area (Å²) in [5, 5.41) is 1.31. The molecule has 1 unspecified atom stereocenters. The summed E-state index contributed by atoms with van der Waals surface area (Å²) in [5.74, 6) is 0. The highest BCUT2D eigenvalue weighted by Crippen LogP contribution is 2.28. The number of fused-ring (bicyclic) bond motifs is 1. The van der Waals surface area contributed by atoms with Crippen molar-refractivity contribution in [2.75, 3.05) is 0 Å². The van der Waals surface area contributed by atoms with Crippen LogP contribution in [0, 0.1) is 0 Å². The van der Waals surface area contributed by atoms with E-state index < -0.39 is 0 Å². The van der Waals surface area contributed by atoms with Gasteiger partial charge in [-0.3, -0.25) is 0 Å². The Balaban J connectivity index is 2.67. The predicted octanol–water partition coefficient (Wildman–Crippen LogP) is 4.37. The molecule has 1 heterocycles. The van der Waals surface area contributed by atoms with Gasteiger partial charge in [-0.2, -0.15) is 0 Å². The summed E-state index contributed by atoms with van der Waals surface area (Å²) in [6, 6.07) is 9.06. The molecule has 0 aliphatic rings. The minimum Gasteiger partial charge on any atom is -0.344 e. The lowest BCUT2D eigenvalue weighted by Crippen LogP contribution is -2.01. The zero-order valence-corrected chi connectivity index (χ0v) is 10.1. The predicted molar refractivity (Wildman–Crippen MR) is 64.6 cm³/mol. The van der Waals surface area contributed by atoms with Crippen LogP contribution in [0.5, 0.6) is 0 Å². The fraction of sp³-hybridized carbons (Fsp3) is 0.333. The van der Waals surface area contributed by atoms with Gasteiger partial charge in [-0.1, -0.05) is 19.1 Å². The van der Waals surface area contributed by atoms with Crippen LogP contribution in [0.15, 0.2) is 34.9 Å². The maximum absolute atomic E-state index is 3.60. The number of halogens is 1. The van der Waals surface area contributed by atoms with Crippen molar-refractivity contribution in [3.63, 3.8) is 0 Å². The van der Waals surface area contributed by atoms with Gasteiger partial charge in [0.1, 0.15) is 0 Å². The summed E-state index contributed by atoms with van der Waals surface area (Å²) in [4.78, 5) is 0. The molecule has 0 N–H and O–H groups in total. The first-order chi connectivity index (χ1) is 6.74. The van der Waals surface area contributed by atoms with Crippen molar-refractivity contribution >= 4 is 26.8 Å². The van der Waals surface area contributed by atoms with E-state index in [1.165, 1.54) is 15.4 Å². The quantitative estimate of drug-likeness (QED) is 0.747. The Morgan fingerprint density at radius 3 is 2.86 bits per heavy atom. The summed E-state index contributed by atoms with van der Waals surface area (Å²) < 4.78 is 3.51. The lowest BCUT2D eigenvalue weighted by molar-refractivity contribution is 0.548. The number of aromatic nitrogens is 1. The number of para-hydroxylation sites is 1. The first-order valence-corrected chi connectivity index (χ1v) is 5.78. The molecule has 1 aromatic heterocycles. The Labute approximate surface area is 92.9 Å². The first kappa shape index (κ1) is 9.78. The Morgan fingerprint density at radius 2 is 2.14 bits per heavy atom. The summed E-state index contributed by atoms with van der Waals surface area (Å²) in [6.45, 7) is 4.46. The van der Waals surface area contributed by atoms with Crippen LogP contribution in [0.2, 0.25) is 0 Å². The fourth-order valence-electron chi connectivity index (χ4n) is 1.74. The van der Waals surface area contributed by atoms with Crippen LogP contribution in [-0.4, -0.2) is 4.57 Å². The average molecular weight is 252 g/mol. The molecule has 1 nitrogen and oxygen atoms in total. The van der Waals surface area contributed by atoms with Gasteiger partial charge in [0.05, 0.1) is 5.52 Å². The molecular weight excluding hydrogens is 238 g/mol. The van der Waals surface area contributed by atoms with E-state index >= 15 is 0 Å². The average Bonchev–Trinajstić information content (AvgIpc) is 2.62. The van der Waals surface area contributed by atoms with E-state index in [1.807, 2.05) is 0 Å². The van der Waals surface area contributed by atoms with E-state index in [1.54, 1.807) is 0 Å². The van der Waals surface area contributed by atoms with Gasteiger partial charge in [0.15, 0.2) is 0 Å². The Bertz CT molecular complexity index is 445. The largest absolute Gasteiger partial charge is 0.344 e. The molecule has 0 spiro atoms. The summed E-state index contributed by atoms with van der Waals surface area (Å²) in [5.41, 5.74) is 1.31. The van der Waals surface area contributed by atoms with E-state index in [4.69, 9.17) is 0 Å². The molecular formula is C12H14BrN. The summed E-state index contributed by atoms with van der Waals surface area (Å²) in [7, 11) is 0. The van der Waals surface area contributed by atoms with Crippen LogP contribution < -0.4 is 0 Å². The van der Waals surface area contributed by atoms with Crippen molar-refractivity contribution in [1.82, 2.24) is 4.57 Å². The normalized spacial score (nSPS) is 13.4. The molecule has 1 atom stereocenters. The van der Waals surface area contributed by atoms with Crippen molar-refractivity contribution in [3.05, 3.63) is 34.9 Å². The standard InChI is InChI=1S/C12H14BrN/c1-3-9(2)14-8-7-10-5-4-6-11(13)12(10)14/h4-9H,3H2,1-2H3. The fourth-order valence-corrected chi connectivity index (χ4v) is 2.32. The molecule has 2 rings (SSSR count). The van der Waals surface area contributed by atoms with Crippen LogP contribution >= 0.6 is 15.9 Å². The molecule has 0 aliphatic carbocycles. The number of nitrogens with zero attached hydrogens (tertiary/aromatic N) is 1. The monoisotopic (exact) mass is 251 g/mol. The maximum Gasteiger partial charge on any atom is 0.0627 e. The van der Waals surface area contributed by atoms with Crippen LogP contribution in [-0.2, 0) is 0 Å². The van der Waals surface area contributed by atoms with Crippen LogP contribution in [0.1, 0.15) is 26.3 Å².